The van der Waals surface area contributed by atoms with Gasteiger partial charge < -0.3 is 15.4 Å². The van der Waals surface area contributed by atoms with Gasteiger partial charge in [0.1, 0.15) is 5.70 Å². The Morgan fingerprint density at radius 3 is 2.88 bits per heavy atom. The number of carboxylic acid groups (broad SMARTS) is 1. The van der Waals surface area contributed by atoms with Gasteiger partial charge in [-0.3, -0.25) is 15.1 Å². The molecule has 2 aromatic rings. The molecule has 1 aliphatic rings. The summed E-state index contributed by atoms with van der Waals surface area (Å²) >= 11 is 6.02. The van der Waals surface area contributed by atoms with Crippen LogP contribution < -0.4 is 16.2 Å². The van der Waals surface area contributed by atoms with Crippen molar-refractivity contribution in [2.24, 2.45) is 4.99 Å². The van der Waals surface area contributed by atoms with Crippen LogP contribution in [0.15, 0.2) is 45.8 Å². The van der Waals surface area contributed by atoms with Gasteiger partial charge in [0.25, 0.3) is 5.56 Å². The van der Waals surface area contributed by atoms with Gasteiger partial charge >= 0.3 is 5.97 Å². The van der Waals surface area contributed by atoms with E-state index in [1.54, 1.807) is 31.2 Å². The van der Waals surface area contributed by atoms with Crippen LogP contribution in [0.2, 0.25) is 5.02 Å². The van der Waals surface area contributed by atoms with Gasteiger partial charge in [-0.15, -0.1) is 0 Å². The average Bonchev–Trinajstić information content (AvgIpc) is 2.54. The molecule has 0 aliphatic carbocycles. The number of allylic oxidation sites excluding steroid dienone is 1. The Labute approximate surface area is 148 Å². The highest BCUT2D eigenvalue weighted by Gasteiger charge is 2.30. The molecule has 2 atom stereocenters. The number of nitrogens with zero attached hydrogens (tertiary/aromatic N) is 1. The smallest absolute Gasteiger partial charge is 0.352 e. The predicted octanol–water partition coefficient (Wildman–Crippen LogP) is 2.15. The lowest BCUT2D eigenvalue weighted by Gasteiger charge is -2.33. The fourth-order valence-electron chi connectivity index (χ4n) is 2.81. The number of rotatable bonds is 4. The minimum atomic E-state index is -1.08. The number of hydrogen-bond donors (Lipinski definition) is 4. The van der Waals surface area contributed by atoms with Crippen LogP contribution in [-0.4, -0.2) is 28.1 Å². The first kappa shape index (κ1) is 17.2. The Morgan fingerprint density at radius 1 is 1.40 bits per heavy atom. The summed E-state index contributed by atoms with van der Waals surface area (Å²) in [6, 6.07) is 6.60. The second-order valence-corrected chi connectivity index (χ2v) is 6.45. The van der Waals surface area contributed by atoms with Crippen molar-refractivity contribution >= 4 is 34.7 Å². The number of aromatic amines is 1. The second-order valence-electron chi connectivity index (χ2n) is 6.01. The van der Waals surface area contributed by atoms with Crippen molar-refractivity contribution in [3.8, 4) is 0 Å². The molecule has 0 spiro atoms. The predicted molar refractivity (Wildman–Crippen MR) is 96.9 cm³/mol. The van der Waals surface area contributed by atoms with Gasteiger partial charge in [0.2, 0.25) is 0 Å². The first-order valence-corrected chi connectivity index (χ1v) is 8.02. The number of carboxylic acids is 1. The van der Waals surface area contributed by atoms with E-state index in [1.807, 2.05) is 6.92 Å². The lowest BCUT2D eigenvalue weighted by atomic mass is 10.1. The van der Waals surface area contributed by atoms with E-state index in [4.69, 9.17) is 16.7 Å². The molecule has 0 bridgehead atoms. The quantitative estimate of drug-likeness (QED) is 0.668. The van der Waals surface area contributed by atoms with E-state index in [1.165, 1.54) is 12.3 Å². The van der Waals surface area contributed by atoms with Gasteiger partial charge in [0.05, 0.1) is 0 Å². The second kappa shape index (κ2) is 6.34. The number of benzene rings is 1. The molecule has 1 aromatic carbocycles. The zero-order chi connectivity index (χ0) is 18.2. The molecule has 2 heterocycles. The number of pyridine rings is 1. The van der Waals surface area contributed by atoms with Crippen molar-refractivity contribution in [3.63, 3.8) is 0 Å². The van der Waals surface area contributed by atoms with Crippen LogP contribution in [0, 0.1) is 0 Å². The van der Waals surface area contributed by atoms with Crippen LogP contribution in [0.5, 0.6) is 0 Å². The van der Waals surface area contributed by atoms with E-state index in [0.717, 1.165) is 5.39 Å². The molecule has 8 heteroatoms. The maximum atomic E-state index is 12.4. The number of carbonyl (C=O) groups is 1. The Balaban J connectivity index is 1.90. The van der Waals surface area contributed by atoms with Gasteiger partial charge in [0, 0.05) is 33.7 Å². The van der Waals surface area contributed by atoms with Crippen molar-refractivity contribution in [2.75, 3.05) is 0 Å². The molecule has 25 heavy (non-hydrogen) atoms. The summed E-state index contributed by atoms with van der Waals surface area (Å²) in [5.41, 5.74) is 0.990. The summed E-state index contributed by atoms with van der Waals surface area (Å²) in [6.45, 7) is 3.50. The monoisotopic (exact) mass is 360 g/mol. The molecule has 4 N–H and O–H groups in total. The number of aromatic nitrogens is 1. The topological polar surface area (TPSA) is 107 Å². The van der Waals surface area contributed by atoms with Crippen molar-refractivity contribution in [3.05, 3.63) is 57.0 Å². The lowest BCUT2D eigenvalue weighted by molar-refractivity contribution is -0.133. The molecule has 0 saturated heterocycles. The van der Waals surface area contributed by atoms with Crippen LogP contribution in [0.4, 0.5) is 0 Å². The number of aliphatic carboxylic acids is 1. The zero-order valence-corrected chi connectivity index (χ0v) is 14.4. The van der Waals surface area contributed by atoms with E-state index in [9.17, 15) is 9.59 Å². The minimum absolute atomic E-state index is 0.0244. The fourth-order valence-corrected chi connectivity index (χ4v) is 2.99. The SMILES string of the molecule is C[C@H](NC1(C)N=CC=C(C(=O)O)N1)c1cc2cc(Cl)ccc2[nH]c1=O. The fraction of sp³-hybridized carbons (Fsp3) is 0.235. The Morgan fingerprint density at radius 2 is 2.16 bits per heavy atom. The number of halogens is 1. The molecular formula is C17H17ClN4O3. The first-order valence-electron chi connectivity index (χ1n) is 7.64. The Hall–Kier alpha value is -2.64. The third-order valence-corrected chi connectivity index (χ3v) is 4.22. The highest BCUT2D eigenvalue weighted by Crippen LogP contribution is 2.21. The highest BCUT2D eigenvalue weighted by molar-refractivity contribution is 6.31. The largest absolute Gasteiger partial charge is 0.477 e. The maximum Gasteiger partial charge on any atom is 0.352 e. The van der Waals surface area contributed by atoms with Gasteiger partial charge in [-0.25, -0.2) is 4.79 Å². The lowest BCUT2D eigenvalue weighted by Crippen LogP contribution is -2.55. The molecule has 3 rings (SSSR count). The van der Waals surface area contributed by atoms with Gasteiger partial charge in [-0.1, -0.05) is 11.6 Å². The summed E-state index contributed by atoms with van der Waals surface area (Å²) in [7, 11) is 0. The van der Waals surface area contributed by atoms with E-state index in [2.05, 4.69) is 20.6 Å². The number of aliphatic imine (C=N–C) groups is 1. The van der Waals surface area contributed by atoms with Crippen molar-refractivity contribution in [2.45, 2.75) is 25.7 Å². The van der Waals surface area contributed by atoms with Crippen molar-refractivity contribution in [1.29, 1.82) is 0 Å². The van der Waals surface area contributed by atoms with E-state index >= 15 is 0 Å². The molecule has 130 valence electrons. The van der Waals surface area contributed by atoms with Gasteiger partial charge in [-0.05, 0) is 44.2 Å². The number of hydrogen-bond acceptors (Lipinski definition) is 5. The van der Waals surface area contributed by atoms with Gasteiger partial charge in [0.15, 0.2) is 5.79 Å². The molecule has 0 amide bonds. The summed E-state index contributed by atoms with van der Waals surface area (Å²) in [6.07, 6.45) is 2.80. The summed E-state index contributed by atoms with van der Waals surface area (Å²) in [4.78, 5) is 30.6. The molecule has 1 aliphatic heterocycles. The summed E-state index contributed by atoms with van der Waals surface area (Å²) < 4.78 is 0. The van der Waals surface area contributed by atoms with Crippen LogP contribution in [0.25, 0.3) is 10.9 Å². The molecule has 0 fully saturated rings. The van der Waals surface area contributed by atoms with E-state index in [0.29, 0.717) is 16.1 Å². The van der Waals surface area contributed by atoms with Crippen LogP contribution in [0.3, 0.4) is 0 Å². The molecule has 0 saturated carbocycles. The third-order valence-electron chi connectivity index (χ3n) is 3.98. The first-order chi connectivity index (χ1) is 11.8. The summed E-state index contributed by atoms with van der Waals surface area (Å²) in [5.74, 6) is -2.12. The molecule has 0 radical (unpaired) electrons. The van der Waals surface area contributed by atoms with Crippen LogP contribution in [0.1, 0.15) is 25.5 Å². The van der Waals surface area contributed by atoms with Crippen LogP contribution >= 0.6 is 11.6 Å². The molecule has 1 aromatic heterocycles. The third kappa shape index (κ3) is 3.57. The Bertz CT molecular complexity index is 966. The standard InChI is InChI=1S/C17H17ClN4O3/c1-9(21-17(2)19-6-5-14(22-17)16(24)25)12-8-10-7-11(18)3-4-13(10)20-15(12)23/h3-9,21-22H,1-2H3,(H,20,23)(H,24,25)/t9-,17?/m0/s1. The molecule has 7 nitrogen and oxygen atoms in total. The number of H-pyrrole nitrogens is 1. The number of fused-ring (bicyclic) bond motifs is 1. The van der Waals surface area contributed by atoms with Crippen molar-refractivity contribution < 1.29 is 9.90 Å². The average molecular weight is 361 g/mol. The van der Waals surface area contributed by atoms with Crippen LogP contribution in [-0.2, 0) is 4.79 Å². The Kier molecular flexibility index (Phi) is 4.36. The summed E-state index contributed by atoms with van der Waals surface area (Å²) in [5, 5.41) is 16.5. The maximum absolute atomic E-state index is 12.4. The minimum Gasteiger partial charge on any atom is -0.477 e. The highest BCUT2D eigenvalue weighted by atomic mass is 35.5. The zero-order valence-electron chi connectivity index (χ0n) is 13.6. The van der Waals surface area contributed by atoms with Gasteiger partial charge in [-0.2, -0.15) is 0 Å². The van der Waals surface area contributed by atoms with Crippen molar-refractivity contribution in [1.82, 2.24) is 15.6 Å². The normalized spacial score (nSPS) is 20.8. The van der Waals surface area contributed by atoms with E-state index in [-0.39, 0.29) is 11.3 Å². The van der Waals surface area contributed by atoms with E-state index < -0.39 is 17.8 Å². The molecular weight excluding hydrogens is 344 g/mol. The molecule has 1 unspecified atom stereocenters. The number of nitrogens with one attached hydrogen (secondary N) is 3.